The second-order valence-corrected chi connectivity index (χ2v) is 9.17. The number of halogens is 1. The Labute approximate surface area is 204 Å². The summed E-state index contributed by atoms with van der Waals surface area (Å²) in [5.41, 5.74) is 1.42. The number of carbonyl (C=O) groups is 2. The Morgan fingerprint density at radius 2 is 1.77 bits per heavy atom. The number of ether oxygens (including phenoxy) is 1. The van der Waals surface area contributed by atoms with E-state index in [1.807, 2.05) is 56.1 Å². The van der Waals surface area contributed by atoms with Crippen molar-refractivity contribution in [3.8, 4) is 11.8 Å². The van der Waals surface area contributed by atoms with E-state index in [4.69, 9.17) is 4.74 Å². The lowest BCUT2D eigenvalue weighted by atomic mass is 9.78. The van der Waals surface area contributed by atoms with Crippen LogP contribution in [0.3, 0.4) is 0 Å². The highest BCUT2D eigenvalue weighted by molar-refractivity contribution is 6.01. The smallest absolute Gasteiger partial charge is 0.318 e. The molecule has 35 heavy (non-hydrogen) atoms. The van der Waals surface area contributed by atoms with E-state index in [2.05, 4.69) is 21.8 Å². The predicted octanol–water partition coefficient (Wildman–Crippen LogP) is 4.10. The molecular formula is C28H26FN3O3. The van der Waals surface area contributed by atoms with Gasteiger partial charge < -0.3 is 4.74 Å². The van der Waals surface area contributed by atoms with Crippen LogP contribution in [0, 0.1) is 23.6 Å². The van der Waals surface area contributed by atoms with E-state index in [9.17, 15) is 14.0 Å². The molecule has 1 aliphatic heterocycles. The first-order valence-corrected chi connectivity index (χ1v) is 11.3. The van der Waals surface area contributed by atoms with Gasteiger partial charge in [0.1, 0.15) is 24.2 Å². The monoisotopic (exact) mass is 471 g/mol. The maximum absolute atomic E-state index is 13.4. The van der Waals surface area contributed by atoms with Gasteiger partial charge in [-0.15, -0.1) is 0 Å². The topological polar surface area (TPSA) is 72.4 Å². The van der Waals surface area contributed by atoms with Gasteiger partial charge >= 0.3 is 5.97 Å². The molecule has 1 saturated heterocycles. The van der Waals surface area contributed by atoms with E-state index in [1.165, 1.54) is 12.1 Å². The van der Waals surface area contributed by atoms with Gasteiger partial charge in [0.05, 0.1) is 11.6 Å². The number of piperidine rings is 1. The van der Waals surface area contributed by atoms with Crippen LogP contribution in [-0.4, -0.2) is 39.2 Å². The summed E-state index contributed by atoms with van der Waals surface area (Å²) >= 11 is 0. The average molecular weight is 472 g/mol. The molecule has 4 rings (SSSR count). The van der Waals surface area contributed by atoms with Crippen LogP contribution in [0.15, 0.2) is 67.0 Å². The van der Waals surface area contributed by atoms with Crippen LogP contribution < -0.4 is 0 Å². The Kier molecular flexibility index (Phi) is 7.04. The third kappa shape index (κ3) is 5.61. The van der Waals surface area contributed by atoms with Crippen molar-refractivity contribution in [1.29, 1.82) is 0 Å². The molecule has 2 aromatic carbocycles. The van der Waals surface area contributed by atoms with Crippen LogP contribution in [0.5, 0.6) is 0 Å². The van der Waals surface area contributed by atoms with Crippen molar-refractivity contribution in [3.63, 3.8) is 0 Å². The molecule has 7 heteroatoms. The lowest BCUT2D eigenvalue weighted by Crippen LogP contribution is -2.56. The zero-order valence-electron chi connectivity index (χ0n) is 19.9. The molecule has 0 amide bonds. The van der Waals surface area contributed by atoms with Crippen molar-refractivity contribution in [2.24, 2.45) is 5.92 Å². The van der Waals surface area contributed by atoms with Crippen molar-refractivity contribution >= 4 is 11.8 Å². The van der Waals surface area contributed by atoms with Gasteiger partial charge in [0.2, 0.25) is 0 Å². The van der Waals surface area contributed by atoms with E-state index in [1.54, 1.807) is 24.5 Å². The first-order valence-electron chi connectivity index (χ1n) is 11.3. The maximum atomic E-state index is 13.4. The summed E-state index contributed by atoms with van der Waals surface area (Å²) in [7, 11) is 1.86. The van der Waals surface area contributed by atoms with Crippen molar-refractivity contribution in [1.82, 2.24) is 14.9 Å². The molecule has 0 saturated carbocycles. The summed E-state index contributed by atoms with van der Waals surface area (Å²) in [6.07, 6.45) is 3.30. The highest BCUT2D eigenvalue weighted by Crippen LogP contribution is 2.40. The molecule has 0 radical (unpaired) electrons. The van der Waals surface area contributed by atoms with E-state index in [0.29, 0.717) is 17.0 Å². The fourth-order valence-electron chi connectivity index (χ4n) is 4.10. The molecule has 0 spiro atoms. The second-order valence-electron chi connectivity index (χ2n) is 9.17. The summed E-state index contributed by atoms with van der Waals surface area (Å²) in [5.74, 6) is 3.94. The van der Waals surface area contributed by atoms with Gasteiger partial charge in [-0.2, -0.15) is 0 Å². The number of benzene rings is 2. The number of nitrogens with zero attached hydrogens (tertiary/aromatic N) is 3. The van der Waals surface area contributed by atoms with Gasteiger partial charge in [0, 0.05) is 29.9 Å². The standard InChI is InChI=1S/C28H26FN3O3/c1-28(2)15-23(33)24(27(34)35-18-20-8-5-4-6-9-20)25(32(28)3)26-30-16-21(17-31-26)13-12-19-10-7-11-22(29)14-19/h4-11,14,16-17,24-25H,15,18H2,1-3H3. The summed E-state index contributed by atoms with van der Waals surface area (Å²) in [6, 6.07) is 14.6. The third-order valence-electron chi connectivity index (χ3n) is 6.23. The fraction of sp³-hybridized carbons (Fsp3) is 0.286. The summed E-state index contributed by atoms with van der Waals surface area (Å²) < 4.78 is 18.9. The number of hydrogen-bond donors (Lipinski definition) is 0. The quantitative estimate of drug-likeness (QED) is 0.324. The normalized spacial score (nSPS) is 19.5. The van der Waals surface area contributed by atoms with Gasteiger partial charge in [-0.1, -0.05) is 48.2 Å². The van der Waals surface area contributed by atoms with Crippen molar-refractivity contribution in [2.45, 2.75) is 38.5 Å². The molecule has 2 heterocycles. The molecule has 0 aliphatic carbocycles. The van der Waals surface area contributed by atoms with Crippen molar-refractivity contribution in [3.05, 3.63) is 95.3 Å². The summed E-state index contributed by atoms with van der Waals surface area (Å²) in [5, 5.41) is 0. The van der Waals surface area contributed by atoms with E-state index in [0.717, 1.165) is 5.56 Å². The van der Waals surface area contributed by atoms with Crippen LogP contribution in [0.1, 0.15) is 48.8 Å². The number of rotatable bonds is 4. The summed E-state index contributed by atoms with van der Waals surface area (Å²) in [6.45, 7) is 3.98. The lowest BCUT2D eigenvalue weighted by Gasteiger charge is -2.46. The van der Waals surface area contributed by atoms with E-state index >= 15 is 0 Å². The number of hydrogen-bond acceptors (Lipinski definition) is 6. The van der Waals surface area contributed by atoms with Crippen LogP contribution in [0.4, 0.5) is 4.39 Å². The first kappa shape index (κ1) is 24.2. The number of esters is 1. The molecule has 6 nitrogen and oxygen atoms in total. The number of aromatic nitrogens is 2. The number of Topliss-reactive ketones (excluding diaryl/α,β-unsaturated/α-hetero) is 1. The van der Waals surface area contributed by atoms with Gasteiger partial charge in [0.15, 0.2) is 5.78 Å². The minimum absolute atomic E-state index is 0.0821. The molecule has 1 aromatic heterocycles. The second kappa shape index (κ2) is 10.2. The molecule has 2 atom stereocenters. The maximum Gasteiger partial charge on any atom is 0.318 e. The Morgan fingerprint density at radius 1 is 1.09 bits per heavy atom. The Morgan fingerprint density at radius 3 is 2.46 bits per heavy atom. The zero-order chi connectivity index (χ0) is 25.0. The molecule has 2 unspecified atom stereocenters. The van der Waals surface area contributed by atoms with E-state index in [-0.39, 0.29) is 24.6 Å². The molecule has 0 bridgehead atoms. The number of ketones is 1. The predicted molar refractivity (Wildman–Crippen MR) is 128 cm³/mol. The zero-order valence-corrected chi connectivity index (χ0v) is 19.9. The lowest BCUT2D eigenvalue weighted by molar-refractivity contribution is -0.162. The highest BCUT2D eigenvalue weighted by Gasteiger charge is 2.50. The fourth-order valence-corrected chi connectivity index (χ4v) is 4.10. The minimum atomic E-state index is -1.04. The van der Waals surface area contributed by atoms with Crippen molar-refractivity contribution < 1.29 is 18.7 Å². The van der Waals surface area contributed by atoms with Crippen LogP contribution in [-0.2, 0) is 20.9 Å². The minimum Gasteiger partial charge on any atom is -0.460 e. The number of likely N-dealkylation sites (tertiary alicyclic amines) is 1. The van der Waals surface area contributed by atoms with Gasteiger partial charge in [0.25, 0.3) is 0 Å². The third-order valence-corrected chi connectivity index (χ3v) is 6.23. The molecular weight excluding hydrogens is 445 g/mol. The van der Waals surface area contributed by atoms with E-state index < -0.39 is 23.5 Å². The molecule has 1 aliphatic rings. The SMILES string of the molecule is CN1C(c2ncc(C#Cc3cccc(F)c3)cn2)C(C(=O)OCc2ccccc2)C(=O)CC1(C)C. The first-order chi connectivity index (χ1) is 16.7. The largest absolute Gasteiger partial charge is 0.460 e. The highest BCUT2D eigenvalue weighted by atomic mass is 19.1. The van der Waals surface area contributed by atoms with Gasteiger partial charge in [-0.25, -0.2) is 14.4 Å². The van der Waals surface area contributed by atoms with Crippen molar-refractivity contribution in [2.75, 3.05) is 7.05 Å². The Bertz CT molecular complexity index is 1280. The van der Waals surface area contributed by atoms with Crippen LogP contribution >= 0.6 is 0 Å². The average Bonchev–Trinajstić information content (AvgIpc) is 2.84. The molecule has 0 N–H and O–H groups in total. The molecule has 178 valence electrons. The Hall–Kier alpha value is -3.89. The summed E-state index contributed by atoms with van der Waals surface area (Å²) in [4.78, 5) is 37.1. The molecule has 1 fully saturated rings. The number of carbonyl (C=O) groups excluding carboxylic acids is 2. The van der Waals surface area contributed by atoms with Gasteiger partial charge in [-0.05, 0) is 44.7 Å². The Balaban J connectivity index is 1.58. The van der Waals surface area contributed by atoms with Crippen LogP contribution in [0.25, 0.3) is 0 Å². The molecule has 3 aromatic rings. The van der Waals surface area contributed by atoms with Crippen LogP contribution in [0.2, 0.25) is 0 Å². The van der Waals surface area contributed by atoms with Gasteiger partial charge in [-0.3, -0.25) is 14.5 Å².